The lowest BCUT2D eigenvalue weighted by atomic mass is 10.1. The van der Waals surface area contributed by atoms with Crippen molar-refractivity contribution in [3.05, 3.63) is 45.5 Å². The molecule has 0 aliphatic carbocycles. The number of ether oxygens (including phenoxy) is 2. The van der Waals surface area contributed by atoms with Crippen LogP contribution < -0.4 is 5.43 Å². The number of aryl methyl sites for hydroxylation is 1. The molecular formula is C19H26FNO4Si. The minimum absolute atomic E-state index is 0.0702. The van der Waals surface area contributed by atoms with E-state index >= 15 is 0 Å². The van der Waals surface area contributed by atoms with Gasteiger partial charge in [-0.05, 0) is 37.6 Å². The maximum Gasteiger partial charge on any atom is 0.343 e. The van der Waals surface area contributed by atoms with Crippen LogP contribution in [0, 0.1) is 12.7 Å². The zero-order valence-electron chi connectivity index (χ0n) is 16.0. The van der Waals surface area contributed by atoms with E-state index in [0.29, 0.717) is 17.7 Å². The van der Waals surface area contributed by atoms with Gasteiger partial charge in [-0.1, -0.05) is 19.6 Å². The van der Waals surface area contributed by atoms with E-state index < -0.39 is 25.3 Å². The predicted molar refractivity (Wildman–Crippen MR) is 103 cm³/mol. The Morgan fingerprint density at radius 1 is 1.27 bits per heavy atom. The van der Waals surface area contributed by atoms with Gasteiger partial charge in [0.15, 0.2) is 0 Å². The highest BCUT2D eigenvalue weighted by molar-refractivity contribution is 6.76. The zero-order chi connectivity index (χ0) is 19.5. The molecule has 0 saturated heterocycles. The van der Waals surface area contributed by atoms with Gasteiger partial charge in [-0.2, -0.15) is 0 Å². The van der Waals surface area contributed by atoms with Crippen molar-refractivity contribution in [2.75, 3.05) is 13.2 Å². The van der Waals surface area contributed by atoms with Crippen LogP contribution in [0.4, 0.5) is 4.39 Å². The quantitative estimate of drug-likeness (QED) is 0.415. The normalized spacial score (nSPS) is 11.8. The van der Waals surface area contributed by atoms with Crippen molar-refractivity contribution in [1.82, 2.24) is 4.57 Å². The number of hydrogen-bond donors (Lipinski definition) is 0. The third-order valence-electron chi connectivity index (χ3n) is 4.08. The molecule has 2 rings (SSSR count). The zero-order valence-corrected chi connectivity index (χ0v) is 17.0. The second kappa shape index (κ2) is 8.14. The monoisotopic (exact) mass is 379 g/mol. The molecule has 0 aliphatic heterocycles. The van der Waals surface area contributed by atoms with Crippen LogP contribution >= 0.6 is 0 Å². The lowest BCUT2D eigenvalue weighted by molar-refractivity contribution is 0.0521. The summed E-state index contributed by atoms with van der Waals surface area (Å²) < 4.78 is 26.3. The fourth-order valence-corrected chi connectivity index (χ4v) is 3.28. The molecule has 0 spiro atoms. The largest absolute Gasteiger partial charge is 0.462 e. The van der Waals surface area contributed by atoms with E-state index in [9.17, 15) is 14.0 Å². The highest BCUT2D eigenvalue weighted by Crippen LogP contribution is 2.18. The van der Waals surface area contributed by atoms with E-state index in [0.717, 1.165) is 6.04 Å². The highest BCUT2D eigenvalue weighted by atomic mass is 28.3. The summed E-state index contributed by atoms with van der Waals surface area (Å²) in [5.41, 5.74) is 0.222. The van der Waals surface area contributed by atoms with Crippen LogP contribution in [0.5, 0.6) is 0 Å². The smallest absolute Gasteiger partial charge is 0.343 e. The maximum atomic E-state index is 14.0. The van der Waals surface area contributed by atoms with Crippen LogP contribution in [-0.4, -0.2) is 31.8 Å². The maximum absolute atomic E-state index is 14.0. The number of carbonyl (C=O) groups excluding carboxylic acids is 1. The molecule has 2 aromatic rings. The molecule has 5 nitrogen and oxygen atoms in total. The summed E-state index contributed by atoms with van der Waals surface area (Å²) in [5.74, 6) is -1.09. The molecule has 0 unspecified atom stereocenters. The van der Waals surface area contributed by atoms with E-state index in [1.165, 1.54) is 18.3 Å². The lowest BCUT2D eigenvalue weighted by Gasteiger charge is -2.17. The first-order valence-electron chi connectivity index (χ1n) is 8.72. The molecule has 0 amide bonds. The standard InChI is InChI=1S/C19H26FNO4Si/c1-6-25-19(23)15-11-21(12-24-7-8-26(3,4)5)17-10-16(20)13(2)9-14(17)18(15)22/h9-11H,6-8,12H2,1-5H3. The Balaban J connectivity index is 2.45. The summed E-state index contributed by atoms with van der Waals surface area (Å²) in [6, 6.07) is 3.76. The molecule has 0 aliphatic rings. The number of hydrogen-bond acceptors (Lipinski definition) is 4. The van der Waals surface area contributed by atoms with Crippen molar-refractivity contribution in [2.45, 2.75) is 46.3 Å². The first kappa shape index (κ1) is 20.3. The van der Waals surface area contributed by atoms with Gasteiger partial charge in [0, 0.05) is 26.3 Å². The molecule has 0 fully saturated rings. The van der Waals surface area contributed by atoms with Gasteiger partial charge in [0.1, 0.15) is 18.1 Å². The number of nitrogens with zero attached hydrogens (tertiary/aromatic N) is 1. The van der Waals surface area contributed by atoms with Crippen LogP contribution in [0.1, 0.15) is 22.8 Å². The fraction of sp³-hybridized carbons (Fsp3) is 0.474. The van der Waals surface area contributed by atoms with Gasteiger partial charge >= 0.3 is 5.97 Å². The van der Waals surface area contributed by atoms with Crippen LogP contribution in [0.25, 0.3) is 10.9 Å². The number of carbonyl (C=O) groups is 1. The van der Waals surface area contributed by atoms with Crippen molar-refractivity contribution < 1.29 is 18.7 Å². The Labute approximate surface area is 153 Å². The molecular weight excluding hydrogens is 353 g/mol. The SMILES string of the molecule is CCOC(=O)c1cn(COCC[Si](C)(C)C)c2cc(F)c(C)cc2c1=O. The second-order valence-electron chi connectivity index (χ2n) is 7.53. The first-order valence-corrected chi connectivity index (χ1v) is 12.4. The molecule has 0 bridgehead atoms. The summed E-state index contributed by atoms with van der Waals surface area (Å²) in [7, 11) is -1.23. The molecule has 142 valence electrons. The highest BCUT2D eigenvalue weighted by Gasteiger charge is 2.18. The number of pyridine rings is 1. The Kier molecular flexibility index (Phi) is 6.36. The summed E-state index contributed by atoms with van der Waals surface area (Å²) in [5, 5.41) is 0.281. The molecule has 0 N–H and O–H groups in total. The molecule has 26 heavy (non-hydrogen) atoms. The molecule has 1 heterocycles. The molecule has 7 heteroatoms. The first-order chi connectivity index (χ1) is 12.1. The van der Waals surface area contributed by atoms with E-state index in [1.807, 2.05) is 0 Å². The fourth-order valence-electron chi connectivity index (χ4n) is 2.52. The minimum atomic E-state index is -1.23. The summed E-state index contributed by atoms with van der Waals surface area (Å²) >= 11 is 0. The van der Waals surface area contributed by atoms with Gasteiger partial charge in [0.05, 0.1) is 12.1 Å². The van der Waals surface area contributed by atoms with Gasteiger partial charge in [-0.3, -0.25) is 4.79 Å². The van der Waals surface area contributed by atoms with Crippen LogP contribution in [0.2, 0.25) is 25.7 Å². The van der Waals surface area contributed by atoms with E-state index in [-0.39, 0.29) is 24.3 Å². The molecule has 0 radical (unpaired) electrons. The van der Waals surface area contributed by atoms with Crippen molar-refractivity contribution in [1.29, 1.82) is 0 Å². The predicted octanol–water partition coefficient (Wildman–Crippen LogP) is 3.94. The summed E-state index contributed by atoms with van der Waals surface area (Å²) in [6.45, 7) is 10.9. The lowest BCUT2D eigenvalue weighted by Crippen LogP contribution is -2.23. The van der Waals surface area contributed by atoms with Crippen molar-refractivity contribution in [2.24, 2.45) is 0 Å². The van der Waals surface area contributed by atoms with E-state index in [4.69, 9.17) is 9.47 Å². The number of fused-ring (bicyclic) bond motifs is 1. The minimum Gasteiger partial charge on any atom is -0.462 e. The Morgan fingerprint density at radius 2 is 1.96 bits per heavy atom. The van der Waals surface area contributed by atoms with Crippen molar-refractivity contribution >= 4 is 24.9 Å². The summed E-state index contributed by atoms with van der Waals surface area (Å²) in [6.07, 6.45) is 1.39. The summed E-state index contributed by atoms with van der Waals surface area (Å²) in [4.78, 5) is 24.8. The van der Waals surface area contributed by atoms with Gasteiger partial charge in [-0.15, -0.1) is 0 Å². The number of aromatic nitrogens is 1. The van der Waals surface area contributed by atoms with Crippen LogP contribution in [-0.2, 0) is 16.2 Å². The van der Waals surface area contributed by atoms with Crippen LogP contribution in [0.15, 0.2) is 23.1 Å². The molecule has 1 aromatic carbocycles. The van der Waals surface area contributed by atoms with Gasteiger partial charge in [-0.25, -0.2) is 9.18 Å². The Morgan fingerprint density at radius 3 is 2.58 bits per heavy atom. The molecule has 1 aromatic heterocycles. The van der Waals surface area contributed by atoms with Crippen molar-refractivity contribution in [3.8, 4) is 0 Å². The topological polar surface area (TPSA) is 57.5 Å². The second-order valence-corrected chi connectivity index (χ2v) is 13.2. The number of benzene rings is 1. The molecule has 0 atom stereocenters. The Hall–Kier alpha value is -1.99. The van der Waals surface area contributed by atoms with Crippen LogP contribution in [0.3, 0.4) is 0 Å². The molecule has 0 saturated carbocycles. The van der Waals surface area contributed by atoms with Crippen molar-refractivity contribution in [3.63, 3.8) is 0 Å². The Bertz CT molecular complexity index is 870. The third kappa shape index (κ3) is 4.79. The number of rotatable bonds is 7. The van der Waals surface area contributed by atoms with Gasteiger partial charge < -0.3 is 14.0 Å². The van der Waals surface area contributed by atoms with Gasteiger partial charge in [0.2, 0.25) is 5.43 Å². The van der Waals surface area contributed by atoms with Gasteiger partial charge in [0.25, 0.3) is 0 Å². The van der Waals surface area contributed by atoms with E-state index in [1.54, 1.807) is 18.4 Å². The van der Waals surface area contributed by atoms with E-state index in [2.05, 4.69) is 19.6 Å². The number of esters is 1. The number of halogens is 1. The average molecular weight is 380 g/mol. The average Bonchev–Trinajstić information content (AvgIpc) is 2.54. The third-order valence-corrected chi connectivity index (χ3v) is 5.79.